The van der Waals surface area contributed by atoms with E-state index < -0.39 is 10.0 Å². The number of aromatic nitrogens is 1. The Morgan fingerprint density at radius 1 is 1.23 bits per heavy atom. The molecule has 0 atom stereocenters. The molecule has 1 aromatic heterocycles. The van der Waals surface area contributed by atoms with E-state index in [0.717, 1.165) is 20.1 Å². The first-order chi connectivity index (χ1) is 14.4. The topological polar surface area (TPSA) is 88.6 Å². The monoisotopic (exact) mass is 463 g/mol. The van der Waals surface area contributed by atoms with E-state index >= 15 is 0 Å². The predicted octanol–water partition coefficient (Wildman–Crippen LogP) is 3.36. The van der Waals surface area contributed by atoms with Crippen molar-refractivity contribution in [3.63, 3.8) is 0 Å². The third-order valence-electron chi connectivity index (χ3n) is 4.60. The number of hydrogen-bond acceptors (Lipinski definition) is 7. The van der Waals surface area contributed by atoms with Crippen LogP contribution in [-0.4, -0.2) is 55.7 Å². The van der Waals surface area contributed by atoms with Crippen LogP contribution >= 0.6 is 23.1 Å². The summed E-state index contributed by atoms with van der Waals surface area (Å²) in [6, 6.07) is 12.8. The SMILES string of the molecule is Cc1ccc(NC(=O)CSc2nc3ccccc3s2)c(S(=O)(=O)N2CCOCC2)c1. The minimum atomic E-state index is -3.72. The number of aryl methyl sites for hydroxylation is 1. The number of nitrogens with one attached hydrogen (secondary N) is 1. The lowest BCUT2D eigenvalue weighted by molar-refractivity contribution is -0.113. The Morgan fingerprint density at radius 2 is 2.00 bits per heavy atom. The average molecular weight is 464 g/mol. The summed E-state index contributed by atoms with van der Waals surface area (Å²) in [5, 5.41) is 2.77. The number of nitrogens with zero attached hydrogens (tertiary/aromatic N) is 2. The molecule has 1 aliphatic heterocycles. The first kappa shape index (κ1) is 21.3. The maximum atomic E-state index is 13.1. The number of thioether (sulfide) groups is 1. The van der Waals surface area contributed by atoms with E-state index in [2.05, 4.69) is 10.3 Å². The predicted molar refractivity (Wildman–Crippen MR) is 120 cm³/mol. The fraction of sp³-hybridized carbons (Fsp3) is 0.300. The first-order valence-electron chi connectivity index (χ1n) is 9.40. The molecule has 0 unspecified atom stereocenters. The second-order valence-electron chi connectivity index (χ2n) is 6.80. The maximum Gasteiger partial charge on any atom is 0.245 e. The van der Waals surface area contributed by atoms with Gasteiger partial charge in [-0.2, -0.15) is 4.31 Å². The highest BCUT2D eigenvalue weighted by Crippen LogP contribution is 2.30. The number of para-hydroxylation sites is 1. The van der Waals surface area contributed by atoms with Gasteiger partial charge in [0.05, 0.1) is 34.9 Å². The van der Waals surface area contributed by atoms with Crippen molar-refractivity contribution in [2.75, 3.05) is 37.4 Å². The second kappa shape index (κ2) is 9.03. The molecule has 2 aromatic carbocycles. The normalized spacial score (nSPS) is 15.4. The van der Waals surface area contributed by atoms with Gasteiger partial charge in [-0.3, -0.25) is 4.79 Å². The Bertz CT molecular complexity index is 1140. The molecule has 0 spiro atoms. The molecule has 0 saturated carbocycles. The molecular formula is C20H21N3O4S3. The Morgan fingerprint density at radius 3 is 2.77 bits per heavy atom. The molecule has 7 nitrogen and oxygen atoms in total. The van der Waals surface area contributed by atoms with E-state index in [9.17, 15) is 13.2 Å². The molecular weight excluding hydrogens is 442 g/mol. The van der Waals surface area contributed by atoms with Crippen molar-refractivity contribution in [2.45, 2.75) is 16.2 Å². The largest absolute Gasteiger partial charge is 0.379 e. The summed E-state index contributed by atoms with van der Waals surface area (Å²) in [5.74, 6) is -0.133. The third kappa shape index (κ3) is 4.68. The van der Waals surface area contributed by atoms with Crippen LogP contribution in [0.3, 0.4) is 0 Å². The van der Waals surface area contributed by atoms with Crippen molar-refractivity contribution in [1.29, 1.82) is 0 Å². The van der Waals surface area contributed by atoms with E-state index in [1.165, 1.54) is 27.4 Å². The second-order valence-corrected chi connectivity index (χ2v) is 11.0. The summed E-state index contributed by atoms with van der Waals surface area (Å²) in [7, 11) is -3.72. The smallest absolute Gasteiger partial charge is 0.245 e. The fourth-order valence-corrected chi connectivity index (χ4v) is 6.61. The van der Waals surface area contributed by atoms with Gasteiger partial charge in [0, 0.05) is 13.1 Å². The molecule has 1 amide bonds. The van der Waals surface area contributed by atoms with Crippen LogP contribution in [0, 0.1) is 6.92 Å². The third-order valence-corrected chi connectivity index (χ3v) is 8.72. The number of benzene rings is 2. The van der Waals surface area contributed by atoms with Crippen LogP contribution < -0.4 is 5.32 Å². The number of sulfonamides is 1. The molecule has 0 radical (unpaired) electrons. The fourth-order valence-electron chi connectivity index (χ4n) is 3.10. The van der Waals surface area contributed by atoms with Gasteiger partial charge in [0.2, 0.25) is 15.9 Å². The van der Waals surface area contributed by atoms with Crippen LogP contribution in [-0.2, 0) is 19.6 Å². The number of thiazole rings is 1. The van der Waals surface area contributed by atoms with E-state index in [0.29, 0.717) is 32.0 Å². The van der Waals surface area contributed by atoms with Gasteiger partial charge < -0.3 is 10.1 Å². The number of fused-ring (bicyclic) bond motifs is 1. The molecule has 1 fully saturated rings. The average Bonchev–Trinajstić information content (AvgIpc) is 3.17. The van der Waals surface area contributed by atoms with Crippen LogP contribution in [0.4, 0.5) is 5.69 Å². The number of rotatable bonds is 6. The van der Waals surface area contributed by atoms with Crippen molar-refractivity contribution < 1.29 is 17.9 Å². The first-order valence-corrected chi connectivity index (χ1v) is 12.6. The van der Waals surface area contributed by atoms with Gasteiger partial charge in [0.1, 0.15) is 4.90 Å². The highest BCUT2D eigenvalue weighted by Gasteiger charge is 2.29. The quantitative estimate of drug-likeness (QED) is 0.564. The number of carbonyl (C=O) groups excluding carboxylic acids is 1. The molecule has 2 heterocycles. The molecule has 3 aromatic rings. The van der Waals surface area contributed by atoms with Crippen molar-refractivity contribution in [2.24, 2.45) is 0 Å². The molecule has 0 aliphatic carbocycles. The maximum absolute atomic E-state index is 13.1. The van der Waals surface area contributed by atoms with E-state index in [4.69, 9.17) is 4.74 Å². The van der Waals surface area contributed by atoms with Crippen LogP contribution in [0.15, 0.2) is 51.7 Å². The summed E-state index contributed by atoms with van der Waals surface area (Å²) >= 11 is 2.87. The Balaban J connectivity index is 1.49. The van der Waals surface area contributed by atoms with Crippen molar-refractivity contribution in [1.82, 2.24) is 9.29 Å². The zero-order valence-electron chi connectivity index (χ0n) is 16.3. The zero-order valence-corrected chi connectivity index (χ0v) is 18.8. The van der Waals surface area contributed by atoms with Crippen LogP contribution in [0.1, 0.15) is 5.56 Å². The zero-order chi connectivity index (χ0) is 21.1. The number of hydrogen-bond donors (Lipinski definition) is 1. The van der Waals surface area contributed by atoms with Crippen LogP contribution in [0.25, 0.3) is 10.2 Å². The van der Waals surface area contributed by atoms with Crippen LogP contribution in [0.5, 0.6) is 0 Å². The van der Waals surface area contributed by atoms with Gasteiger partial charge in [0.25, 0.3) is 0 Å². The highest BCUT2D eigenvalue weighted by atomic mass is 32.2. The molecule has 10 heteroatoms. The molecule has 0 bridgehead atoms. The Labute approximate surface area is 183 Å². The summed E-state index contributed by atoms with van der Waals surface area (Å²) in [6.07, 6.45) is 0. The van der Waals surface area contributed by atoms with Gasteiger partial charge in [-0.1, -0.05) is 30.0 Å². The number of carbonyl (C=O) groups is 1. The van der Waals surface area contributed by atoms with E-state index in [1.54, 1.807) is 18.2 Å². The molecule has 4 rings (SSSR count). The lowest BCUT2D eigenvalue weighted by Gasteiger charge is -2.27. The highest BCUT2D eigenvalue weighted by molar-refractivity contribution is 8.01. The summed E-state index contributed by atoms with van der Waals surface area (Å²) in [6.45, 7) is 3.16. The lowest BCUT2D eigenvalue weighted by atomic mass is 10.2. The van der Waals surface area contributed by atoms with Crippen molar-refractivity contribution >= 4 is 54.9 Å². The van der Waals surface area contributed by atoms with Gasteiger partial charge in [-0.25, -0.2) is 13.4 Å². The van der Waals surface area contributed by atoms with Gasteiger partial charge >= 0.3 is 0 Å². The minimum absolute atomic E-state index is 0.114. The molecule has 158 valence electrons. The summed E-state index contributed by atoms with van der Waals surface area (Å²) in [4.78, 5) is 17.2. The molecule has 30 heavy (non-hydrogen) atoms. The molecule has 1 saturated heterocycles. The summed E-state index contributed by atoms with van der Waals surface area (Å²) < 4.78 is 34.8. The van der Waals surface area contributed by atoms with Crippen molar-refractivity contribution in [3.8, 4) is 0 Å². The Kier molecular flexibility index (Phi) is 6.40. The minimum Gasteiger partial charge on any atom is -0.379 e. The molecule has 1 N–H and O–H groups in total. The summed E-state index contributed by atoms with van der Waals surface area (Å²) in [5.41, 5.74) is 2.01. The number of amides is 1. The van der Waals surface area contributed by atoms with E-state index in [1.807, 2.05) is 31.2 Å². The Hall–Kier alpha value is -1.98. The van der Waals surface area contributed by atoms with Crippen LogP contribution in [0.2, 0.25) is 0 Å². The number of ether oxygens (including phenoxy) is 1. The van der Waals surface area contributed by atoms with E-state index in [-0.39, 0.29) is 16.6 Å². The molecule has 1 aliphatic rings. The van der Waals surface area contributed by atoms with Gasteiger partial charge in [-0.05, 0) is 36.8 Å². The lowest BCUT2D eigenvalue weighted by Crippen LogP contribution is -2.41. The van der Waals surface area contributed by atoms with Gasteiger partial charge in [-0.15, -0.1) is 11.3 Å². The number of anilines is 1. The van der Waals surface area contributed by atoms with Crippen molar-refractivity contribution in [3.05, 3.63) is 48.0 Å². The standard InChI is InChI=1S/C20H21N3O4S3/c1-14-6-7-16(18(12-14)30(25,26)23-8-10-27-11-9-23)21-19(24)13-28-20-22-15-4-2-3-5-17(15)29-20/h2-7,12H,8-11,13H2,1H3,(H,21,24). The van der Waals surface area contributed by atoms with Gasteiger partial charge in [0.15, 0.2) is 4.34 Å². The number of morpholine rings is 1.